The minimum absolute atomic E-state index is 0.0380. The summed E-state index contributed by atoms with van der Waals surface area (Å²) in [5, 5.41) is 9.65. The van der Waals surface area contributed by atoms with Gasteiger partial charge in [-0.25, -0.2) is 4.79 Å². The zero-order chi connectivity index (χ0) is 47.0. The number of carbonyl (C=O) groups excluding carboxylic acids is 2. The van der Waals surface area contributed by atoms with E-state index in [0.29, 0.717) is 19.3 Å². The molecule has 0 fully saturated rings. The number of likely N-dealkylation sites (N-methyl/N-ethyl adjacent to an activating group) is 1. The predicted octanol–water partition coefficient (Wildman–Crippen LogP) is 14.6. The van der Waals surface area contributed by atoms with Crippen molar-refractivity contribution < 1.29 is 38.2 Å². The maximum atomic E-state index is 12.8. The molecule has 364 valence electrons. The van der Waals surface area contributed by atoms with Crippen LogP contribution >= 0.6 is 0 Å². The van der Waals surface area contributed by atoms with Gasteiger partial charge < -0.3 is 23.8 Å². The number of nitrogens with zero attached hydrogens (tertiary/aromatic N) is 1. The molecule has 0 aromatic heterocycles. The number of esters is 2. The molecule has 8 nitrogen and oxygen atoms in total. The van der Waals surface area contributed by atoms with Crippen molar-refractivity contribution in [1.82, 2.24) is 0 Å². The SMILES string of the molecule is CC/C=C/C/C=C/C/C=C/C/C=C/C/C=C/C/C=C/CCCCCC(=O)OCC(COCCC(C(=O)O)[N+](C)(C)C)OC(=O)CCCCCCC/C=C/C=C/CCCCCCCCC. The molecule has 0 saturated heterocycles. The van der Waals surface area contributed by atoms with E-state index in [9.17, 15) is 19.5 Å². The number of carbonyl (C=O) groups is 3. The van der Waals surface area contributed by atoms with Gasteiger partial charge in [0, 0.05) is 19.3 Å². The number of unbranched alkanes of at least 4 members (excludes halogenated alkanes) is 15. The van der Waals surface area contributed by atoms with E-state index >= 15 is 0 Å². The Morgan fingerprint density at radius 1 is 0.500 bits per heavy atom. The fourth-order valence-corrected chi connectivity index (χ4v) is 6.85. The highest BCUT2D eigenvalue weighted by Crippen LogP contribution is 2.13. The predicted molar refractivity (Wildman–Crippen MR) is 270 cm³/mol. The Morgan fingerprint density at radius 3 is 1.41 bits per heavy atom. The molecule has 0 spiro atoms. The van der Waals surface area contributed by atoms with Crippen LogP contribution in [0.25, 0.3) is 0 Å². The maximum Gasteiger partial charge on any atom is 0.362 e. The van der Waals surface area contributed by atoms with Gasteiger partial charge in [0.1, 0.15) is 6.61 Å². The molecule has 0 aromatic rings. The Hall–Kier alpha value is -3.75. The first-order valence-electron chi connectivity index (χ1n) is 25.3. The van der Waals surface area contributed by atoms with Crippen molar-refractivity contribution in [1.29, 1.82) is 0 Å². The monoisotopic (exact) mass is 893 g/mol. The average Bonchev–Trinajstić information content (AvgIpc) is 3.26. The van der Waals surface area contributed by atoms with Gasteiger partial charge in [-0.15, -0.1) is 0 Å². The van der Waals surface area contributed by atoms with E-state index in [1.807, 2.05) is 21.1 Å². The van der Waals surface area contributed by atoms with Gasteiger partial charge in [0.25, 0.3) is 0 Å². The molecule has 1 N–H and O–H groups in total. The van der Waals surface area contributed by atoms with Crippen LogP contribution in [-0.2, 0) is 28.6 Å². The van der Waals surface area contributed by atoms with Crippen molar-refractivity contribution in [2.45, 2.75) is 199 Å². The molecule has 2 atom stereocenters. The highest BCUT2D eigenvalue weighted by molar-refractivity contribution is 5.72. The molecule has 2 unspecified atom stereocenters. The molecule has 0 aliphatic rings. The minimum atomic E-state index is -0.886. The number of carboxylic acid groups (broad SMARTS) is 1. The number of rotatable bonds is 44. The first kappa shape index (κ1) is 60.2. The van der Waals surface area contributed by atoms with Crippen LogP contribution in [0.4, 0.5) is 0 Å². The Balaban J connectivity index is 4.38. The second-order valence-electron chi connectivity index (χ2n) is 17.7. The van der Waals surface area contributed by atoms with E-state index in [1.165, 1.54) is 44.9 Å². The van der Waals surface area contributed by atoms with Crippen LogP contribution in [0.1, 0.15) is 187 Å². The summed E-state index contributed by atoms with van der Waals surface area (Å²) in [6.45, 7) is 4.56. The summed E-state index contributed by atoms with van der Waals surface area (Å²) in [7, 11) is 5.51. The number of quaternary nitrogens is 1. The summed E-state index contributed by atoms with van der Waals surface area (Å²) in [4.78, 5) is 37.1. The average molecular weight is 893 g/mol. The highest BCUT2D eigenvalue weighted by atomic mass is 16.6. The molecule has 0 rings (SSSR count). The lowest BCUT2D eigenvalue weighted by Gasteiger charge is -2.31. The number of aliphatic carboxylic acids is 1. The zero-order valence-corrected chi connectivity index (χ0v) is 41.4. The van der Waals surface area contributed by atoms with Crippen LogP contribution in [0.15, 0.2) is 97.2 Å². The number of allylic oxidation sites excluding steroid dienone is 16. The van der Waals surface area contributed by atoms with Gasteiger partial charge >= 0.3 is 17.9 Å². The van der Waals surface area contributed by atoms with Crippen molar-refractivity contribution in [3.05, 3.63) is 97.2 Å². The molecule has 0 heterocycles. The first-order valence-corrected chi connectivity index (χ1v) is 25.3. The first-order chi connectivity index (χ1) is 31.1. The second-order valence-corrected chi connectivity index (χ2v) is 17.7. The van der Waals surface area contributed by atoms with Crippen molar-refractivity contribution in [3.8, 4) is 0 Å². The van der Waals surface area contributed by atoms with Crippen LogP contribution in [-0.4, -0.2) is 80.6 Å². The number of carboxylic acids is 1. The fraction of sp³-hybridized carbons (Fsp3) is 0.661. The molecule has 8 heteroatoms. The van der Waals surface area contributed by atoms with Gasteiger partial charge in [0.05, 0.1) is 34.4 Å². The summed E-state index contributed by atoms with van der Waals surface area (Å²) >= 11 is 0. The molecule has 0 bridgehead atoms. The standard InChI is InChI=1S/C56H93NO7/c1-6-8-10-12-14-16-18-20-22-24-26-27-28-29-31-32-34-36-38-40-42-44-46-54(58)63-51-52(50-62-49-48-53(56(60)61)57(3,4)5)64-55(59)47-45-43-41-39-37-35-33-30-25-23-21-19-17-15-13-11-9-7-2/h8,10,14,16,20,22-23,25-27,29-31,33-34,36,52-53H,6-7,9,11-13,15,17-19,21,24,28,32,35,37-51H2,1-5H3/p+1/b10-8+,16-14+,22-20+,25-23+,27-26+,31-29+,33-30+,36-34+. The molecule has 0 saturated carbocycles. The lowest BCUT2D eigenvalue weighted by atomic mass is 10.1. The molecule has 0 radical (unpaired) electrons. The molecular weight excluding hydrogens is 799 g/mol. The van der Waals surface area contributed by atoms with Crippen molar-refractivity contribution >= 4 is 17.9 Å². The molecule has 0 aliphatic heterocycles. The summed E-state index contributed by atoms with van der Waals surface area (Å²) in [6, 6.07) is -0.629. The van der Waals surface area contributed by atoms with Crippen LogP contribution in [0.5, 0.6) is 0 Å². The van der Waals surface area contributed by atoms with E-state index in [1.54, 1.807) is 0 Å². The van der Waals surface area contributed by atoms with Gasteiger partial charge in [-0.05, 0) is 89.9 Å². The lowest BCUT2D eigenvalue weighted by molar-refractivity contribution is -0.887. The molecule has 0 aliphatic carbocycles. The molecule has 64 heavy (non-hydrogen) atoms. The van der Waals surface area contributed by atoms with E-state index in [4.69, 9.17) is 14.2 Å². The summed E-state index contributed by atoms with van der Waals surface area (Å²) in [6.07, 6.45) is 61.7. The third-order valence-electron chi connectivity index (χ3n) is 10.7. The largest absolute Gasteiger partial charge is 0.477 e. The van der Waals surface area contributed by atoms with Crippen molar-refractivity contribution in [3.63, 3.8) is 0 Å². The Labute approximate surface area is 392 Å². The van der Waals surface area contributed by atoms with Gasteiger partial charge in [-0.1, -0.05) is 175 Å². The Morgan fingerprint density at radius 2 is 0.922 bits per heavy atom. The fourth-order valence-electron chi connectivity index (χ4n) is 6.85. The zero-order valence-electron chi connectivity index (χ0n) is 41.4. The van der Waals surface area contributed by atoms with E-state index in [2.05, 4.69) is 111 Å². The molecule has 0 amide bonds. The smallest absolute Gasteiger partial charge is 0.362 e. The van der Waals surface area contributed by atoms with Crippen LogP contribution in [0.2, 0.25) is 0 Å². The topological polar surface area (TPSA) is 99.1 Å². The molecule has 0 aromatic carbocycles. The van der Waals surface area contributed by atoms with Gasteiger partial charge in [-0.2, -0.15) is 0 Å². The Kier molecular flexibility index (Phi) is 43.1. The highest BCUT2D eigenvalue weighted by Gasteiger charge is 2.31. The maximum absolute atomic E-state index is 12.8. The van der Waals surface area contributed by atoms with Crippen molar-refractivity contribution in [2.24, 2.45) is 0 Å². The van der Waals surface area contributed by atoms with Crippen LogP contribution in [0.3, 0.4) is 0 Å². The third-order valence-corrected chi connectivity index (χ3v) is 10.7. The minimum Gasteiger partial charge on any atom is -0.477 e. The van der Waals surface area contributed by atoms with E-state index in [-0.39, 0.29) is 36.2 Å². The van der Waals surface area contributed by atoms with E-state index in [0.717, 1.165) is 109 Å². The normalized spacial score (nSPS) is 13.7. The van der Waals surface area contributed by atoms with Gasteiger partial charge in [0.2, 0.25) is 0 Å². The third kappa shape index (κ3) is 43.5. The molecular formula is C56H94NO7+. The lowest BCUT2D eigenvalue weighted by Crippen LogP contribution is -2.50. The van der Waals surface area contributed by atoms with Crippen LogP contribution in [0, 0.1) is 0 Å². The second kappa shape index (κ2) is 45.8. The van der Waals surface area contributed by atoms with Gasteiger partial charge in [0.15, 0.2) is 12.1 Å². The van der Waals surface area contributed by atoms with Crippen molar-refractivity contribution in [2.75, 3.05) is 41.0 Å². The number of hydrogen-bond donors (Lipinski definition) is 1. The summed E-state index contributed by atoms with van der Waals surface area (Å²) in [5.74, 6) is -1.54. The summed E-state index contributed by atoms with van der Waals surface area (Å²) in [5.41, 5.74) is 0. The van der Waals surface area contributed by atoms with Crippen LogP contribution < -0.4 is 0 Å². The van der Waals surface area contributed by atoms with Gasteiger partial charge in [-0.3, -0.25) is 9.59 Å². The number of hydrogen-bond acceptors (Lipinski definition) is 6. The summed E-state index contributed by atoms with van der Waals surface area (Å²) < 4.78 is 17.3. The Bertz CT molecular complexity index is 1360. The van der Waals surface area contributed by atoms with E-state index < -0.39 is 18.1 Å². The quantitative estimate of drug-likeness (QED) is 0.0214. The number of ether oxygens (including phenoxy) is 3.